The van der Waals surface area contributed by atoms with Gasteiger partial charge in [-0.3, -0.25) is 19.8 Å². The Morgan fingerprint density at radius 2 is 2.33 bits per heavy atom. The van der Waals surface area contributed by atoms with Gasteiger partial charge >= 0.3 is 5.69 Å². The van der Waals surface area contributed by atoms with Crippen LogP contribution in [0.5, 0.6) is 0 Å². The van der Waals surface area contributed by atoms with E-state index in [0.717, 1.165) is 4.90 Å². The van der Waals surface area contributed by atoms with Crippen LogP contribution in [0.1, 0.15) is 6.42 Å². The highest BCUT2D eigenvalue weighted by atomic mass is 79.9. The number of β-amino-alcohol motifs (C(OH)–C–C–N with tert-alkyl or cyclic N) is 1. The van der Waals surface area contributed by atoms with Crippen molar-refractivity contribution in [2.24, 2.45) is 0 Å². The molecule has 9 heteroatoms. The lowest BCUT2D eigenvalue weighted by Gasteiger charge is -2.15. The molecular weight excluding hydrogens is 329 g/mol. The third kappa shape index (κ3) is 2.31. The van der Waals surface area contributed by atoms with Gasteiger partial charge in [0, 0.05) is 6.07 Å². The summed E-state index contributed by atoms with van der Waals surface area (Å²) in [5.74, 6) is -0.564. The first-order valence-corrected chi connectivity index (χ1v) is 6.06. The van der Waals surface area contributed by atoms with Gasteiger partial charge in [0.1, 0.15) is 5.15 Å². The summed E-state index contributed by atoms with van der Waals surface area (Å²) in [5.41, 5.74) is -0.339. The van der Waals surface area contributed by atoms with Crippen molar-refractivity contribution in [3.05, 3.63) is 25.8 Å². The molecule has 1 N–H and O–H groups in total. The molecule has 1 aromatic heterocycles. The largest absolute Gasteiger partial charge is 0.391 e. The predicted octanol–water partition coefficient (Wildman–Crippen LogP) is 1.50. The summed E-state index contributed by atoms with van der Waals surface area (Å²) in [4.78, 5) is 26.8. The summed E-state index contributed by atoms with van der Waals surface area (Å²) in [6.07, 6.45) is -0.923. The molecule has 1 unspecified atom stereocenters. The Morgan fingerprint density at radius 1 is 1.67 bits per heavy atom. The second-order valence-corrected chi connectivity index (χ2v) is 4.94. The fourth-order valence-electron chi connectivity index (χ4n) is 1.67. The highest BCUT2D eigenvalue weighted by Crippen LogP contribution is 2.35. The molecule has 0 bridgehead atoms. The standard InChI is InChI=1S/C9H7BrClN3O4/c10-5-2-6(14(17)18)9(12-8(5)11)13-3-4(15)1-7(13)16/h2,4,15H,1,3H2. The van der Waals surface area contributed by atoms with Gasteiger partial charge in [0.05, 0.1) is 28.5 Å². The van der Waals surface area contributed by atoms with Crippen LogP contribution in [0.2, 0.25) is 5.15 Å². The van der Waals surface area contributed by atoms with Crippen molar-refractivity contribution >= 4 is 44.9 Å². The summed E-state index contributed by atoms with van der Waals surface area (Å²) in [5, 5.41) is 20.3. The number of aliphatic hydroxyl groups is 1. The van der Waals surface area contributed by atoms with Crippen LogP contribution in [0, 0.1) is 10.1 Å². The zero-order valence-corrected chi connectivity index (χ0v) is 11.2. The number of amides is 1. The molecule has 1 aliphatic heterocycles. The van der Waals surface area contributed by atoms with Crippen LogP contribution in [0.3, 0.4) is 0 Å². The number of aliphatic hydroxyl groups excluding tert-OH is 1. The van der Waals surface area contributed by atoms with E-state index in [1.807, 2.05) is 0 Å². The van der Waals surface area contributed by atoms with E-state index in [1.165, 1.54) is 6.07 Å². The molecular formula is C9H7BrClN3O4. The second kappa shape index (κ2) is 4.79. The van der Waals surface area contributed by atoms with Crippen molar-refractivity contribution in [3.8, 4) is 0 Å². The molecule has 0 aliphatic carbocycles. The number of carbonyl (C=O) groups excluding carboxylic acids is 1. The number of pyridine rings is 1. The van der Waals surface area contributed by atoms with Gasteiger partial charge in [-0.05, 0) is 15.9 Å². The van der Waals surface area contributed by atoms with E-state index in [9.17, 15) is 20.0 Å². The lowest BCUT2D eigenvalue weighted by Crippen LogP contribution is -2.27. The van der Waals surface area contributed by atoms with Gasteiger partial charge in [-0.25, -0.2) is 4.98 Å². The molecule has 1 saturated heterocycles. The summed E-state index contributed by atoms with van der Waals surface area (Å²) in [6, 6.07) is 1.18. The molecule has 18 heavy (non-hydrogen) atoms. The van der Waals surface area contributed by atoms with E-state index in [0.29, 0.717) is 0 Å². The number of hydrogen-bond acceptors (Lipinski definition) is 5. The average molecular weight is 337 g/mol. The molecule has 0 spiro atoms. The van der Waals surface area contributed by atoms with E-state index in [1.54, 1.807) is 0 Å². The monoisotopic (exact) mass is 335 g/mol. The van der Waals surface area contributed by atoms with E-state index in [2.05, 4.69) is 20.9 Å². The number of aromatic nitrogens is 1. The van der Waals surface area contributed by atoms with Gasteiger partial charge in [0.2, 0.25) is 11.7 Å². The molecule has 2 rings (SSSR count). The fraction of sp³-hybridized carbons (Fsp3) is 0.333. The van der Waals surface area contributed by atoms with Crippen LogP contribution in [-0.4, -0.2) is 33.6 Å². The fourth-order valence-corrected chi connectivity index (χ4v) is 2.11. The summed E-state index contributed by atoms with van der Waals surface area (Å²) < 4.78 is 0.270. The van der Waals surface area contributed by atoms with Crippen molar-refractivity contribution < 1.29 is 14.8 Å². The Labute approximate surface area is 115 Å². The SMILES string of the molecule is O=C1CC(O)CN1c1nc(Cl)c(Br)cc1[N+](=O)[O-]. The Morgan fingerprint density at radius 3 is 2.83 bits per heavy atom. The molecule has 0 radical (unpaired) electrons. The van der Waals surface area contributed by atoms with Crippen molar-refractivity contribution in [1.82, 2.24) is 4.98 Å². The maximum absolute atomic E-state index is 11.6. The van der Waals surface area contributed by atoms with E-state index >= 15 is 0 Å². The van der Waals surface area contributed by atoms with Crippen LogP contribution < -0.4 is 4.90 Å². The summed E-state index contributed by atoms with van der Waals surface area (Å²) in [7, 11) is 0. The number of hydrogen-bond donors (Lipinski definition) is 1. The number of halogens is 2. The third-order valence-corrected chi connectivity index (χ3v) is 3.57. The first-order chi connectivity index (χ1) is 8.40. The number of anilines is 1. The molecule has 1 aliphatic rings. The molecule has 1 fully saturated rings. The number of nitrogens with zero attached hydrogens (tertiary/aromatic N) is 3. The molecule has 7 nitrogen and oxygen atoms in total. The minimum Gasteiger partial charge on any atom is -0.391 e. The molecule has 0 saturated carbocycles. The van der Waals surface area contributed by atoms with Crippen molar-refractivity contribution in [2.75, 3.05) is 11.4 Å². The summed E-state index contributed by atoms with van der Waals surface area (Å²) in [6.45, 7) is -0.0232. The van der Waals surface area contributed by atoms with Crippen molar-refractivity contribution in [2.45, 2.75) is 12.5 Å². The molecule has 1 amide bonds. The lowest BCUT2D eigenvalue weighted by molar-refractivity contribution is -0.384. The third-order valence-electron chi connectivity index (χ3n) is 2.45. The van der Waals surface area contributed by atoms with E-state index < -0.39 is 16.9 Å². The van der Waals surface area contributed by atoms with Gasteiger partial charge < -0.3 is 5.11 Å². The Bertz CT molecular complexity index is 539. The van der Waals surface area contributed by atoms with Gasteiger partial charge in [-0.2, -0.15) is 0 Å². The van der Waals surface area contributed by atoms with Crippen LogP contribution >= 0.6 is 27.5 Å². The van der Waals surface area contributed by atoms with E-state index in [4.69, 9.17) is 11.6 Å². The number of rotatable bonds is 2. The van der Waals surface area contributed by atoms with Crippen LogP contribution in [0.4, 0.5) is 11.5 Å². The maximum atomic E-state index is 11.6. The molecule has 96 valence electrons. The maximum Gasteiger partial charge on any atom is 0.313 e. The van der Waals surface area contributed by atoms with Gasteiger partial charge in [0.15, 0.2) is 0 Å². The topological polar surface area (TPSA) is 96.6 Å². The second-order valence-electron chi connectivity index (χ2n) is 3.72. The quantitative estimate of drug-likeness (QED) is 0.501. The van der Waals surface area contributed by atoms with Crippen LogP contribution in [0.15, 0.2) is 10.5 Å². The van der Waals surface area contributed by atoms with Crippen molar-refractivity contribution in [3.63, 3.8) is 0 Å². The van der Waals surface area contributed by atoms with Gasteiger partial charge in [-0.1, -0.05) is 11.6 Å². The average Bonchev–Trinajstić information content (AvgIpc) is 2.61. The molecule has 1 aromatic rings. The highest BCUT2D eigenvalue weighted by molar-refractivity contribution is 9.10. The first kappa shape index (κ1) is 13.2. The van der Waals surface area contributed by atoms with Crippen LogP contribution in [0.25, 0.3) is 0 Å². The zero-order valence-electron chi connectivity index (χ0n) is 8.84. The Kier molecular flexibility index (Phi) is 3.51. The highest BCUT2D eigenvalue weighted by Gasteiger charge is 2.35. The minimum absolute atomic E-state index is 0.0183. The summed E-state index contributed by atoms with van der Waals surface area (Å²) >= 11 is 8.80. The van der Waals surface area contributed by atoms with E-state index in [-0.39, 0.29) is 34.1 Å². The first-order valence-electron chi connectivity index (χ1n) is 4.89. The number of carbonyl (C=O) groups is 1. The molecule has 0 aromatic carbocycles. The van der Waals surface area contributed by atoms with Crippen LogP contribution in [-0.2, 0) is 4.79 Å². The van der Waals surface area contributed by atoms with Crippen molar-refractivity contribution in [1.29, 1.82) is 0 Å². The lowest BCUT2D eigenvalue weighted by atomic mass is 10.3. The molecule has 1 atom stereocenters. The number of nitro groups is 1. The predicted molar refractivity (Wildman–Crippen MR) is 66.6 cm³/mol. The zero-order chi connectivity index (χ0) is 13.4. The normalized spacial score (nSPS) is 19.4. The smallest absolute Gasteiger partial charge is 0.313 e. The van der Waals surface area contributed by atoms with Gasteiger partial charge in [0.25, 0.3) is 0 Å². The van der Waals surface area contributed by atoms with Gasteiger partial charge in [-0.15, -0.1) is 0 Å². The molecule has 2 heterocycles. The Balaban J connectivity index is 2.52. The minimum atomic E-state index is -0.846. The Hall–Kier alpha value is -1.25.